The zero-order valence-electron chi connectivity index (χ0n) is 11.2. The van der Waals surface area contributed by atoms with Gasteiger partial charge in [-0.15, -0.1) is 0 Å². The molecule has 0 aromatic rings. The van der Waals surface area contributed by atoms with Crippen molar-refractivity contribution in [1.29, 1.82) is 0 Å². The molecule has 1 saturated heterocycles. The van der Waals surface area contributed by atoms with Crippen LogP contribution < -0.4 is 5.73 Å². The third-order valence-corrected chi connectivity index (χ3v) is 5.57. The van der Waals surface area contributed by atoms with E-state index in [4.69, 9.17) is 5.73 Å². The van der Waals surface area contributed by atoms with Gasteiger partial charge in [0.05, 0.1) is 0 Å². The first-order valence-electron chi connectivity index (χ1n) is 7.74. The highest BCUT2D eigenvalue weighted by Crippen LogP contribution is 2.49. The molecule has 17 heavy (non-hydrogen) atoms. The lowest BCUT2D eigenvalue weighted by atomic mass is 9.75. The Morgan fingerprint density at radius 1 is 1.06 bits per heavy atom. The third-order valence-electron chi connectivity index (χ3n) is 5.57. The molecule has 1 heterocycles. The Kier molecular flexibility index (Phi) is 3.45. The van der Waals surface area contributed by atoms with E-state index in [0.717, 1.165) is 18.4 Å². The normalized spacial score (nSPS) is 36.5. The second-order valence-corrected chi connectivity index (χ2v) is 6.87. The Morgan fingerprint density at radius 3 is 2.53 bits per heavy atom. The van der Waals surface area contributed by atoms with Crippen LogP contribution in [0.3, 0.4) is 0 Å². The van der Waals surface area contributed by atoms with Crippen LogP contribution in [0.25, 0.3) is 0 Å². The summed E-state index contributed by atoms with van der Waals surface area (Å²) in [5.74, 6) is 2.11. The van der Waals surface area contributed by atoms with Crippen LogP contribution in [0.1, 0.15) is 51.4 Å². The monoisotopic (exact) mass is 236 g/mol. The van der Waals surface area contributed by atoms with Crippen molar-refractivity contribution in [2.75, 3.05) is 26.2 Å². The van der Waals surface area contributed by atoms with E-state index >= 15 is 0 Å². The second-order valence-electron chi connectivity index (χ2n) is 6.87. The van der Waals surface area contributed by atoms with Gasteiger partial charge in [-0.25, -0.2) is 0 Å². The van der Waals surface area contributed by atoms with Gasteiger partial charge < -0.3 is 10.6 Å². The Hall–Kier alpha value is -0.0800. The molecule has 98 valence electrons. The molecule has 3 fully saturated rings. The van der Waals surface area contributed by atoms with Crippen LogP contribution in [0.2, 0.25) is 0 Å². The fourth-order valence-electron chi connectivity index (χ4n) is 4.26. The summed E-state index contributed by atoms with van der Waals surface area (Å²) in [5, 5.41) is 0. The van der Waals surface area contributed by atoms with Crippen molar-refractivity contribution in [3.63, 3.8) is 0 Å². The number of rotatable bonds is 4. The molecular weight excluding hydrogens is 208 g/mol. The lowest BCUT2D eigenvalue weighted by Crippen LogP contribution is -2.44. The van der Waals surface area contributed by atoms with Crippen molar-refractivity contribution < 1.29 is 0 Å². The molecule has 2 heteroatoms. The average Bonchev–Trinajstić information content (AvgIpc) is 3.09. The van der Waals surface area contributed by atoms with Crippen LogP contribution in [-0.4, -0.2) is 31.1 Å². The number of hydrogen-bond acceptors (Lipinski definition) is 2. The quantitative estimate of drug-likeness (QED) is 0.813. The zero-order valence-corrected chi connectivity index (χ0v) is 11.2. The van der Waals surface area contributed by atoms with Crippen molar-refractivity contribution in [2.45, 2.75) is 51.4 Å². The summed E-state index contributed by atoms with van der Waals surface area (Å²) >= 11 is 0. The van der Waals surface area contributed by atoms with Gasteiger partial charge in [-0.3, -0.25) is 0 Å². The molecule has 0 spiro atoms. The number of piperidine rings is 1. The maximum atomic E-state index is 5.75. The van der Waals surface area contributed by atoms with Gasteiger partial charge in [0.15, 0.2) is 0 Å². The van der Waals surface area contributed by atoms with Crippen LogP contribution >= 0.6 is 0 Å². The molecule has 0 aromatic carbocycles. The molecule has 2 aliphatic carbocycles. The topological polar surface area (TPSA) is 29.3 Å². The van der Waals surface area contributed by atoms with Crippen LogP contribution in [0.4, 0.5) is 0 Å². The van der Waals surface area contributed by atoms with E-state index < -0.39 is 0 Å². The summed E-state index contributed by atoms with van der Waals surface area (Å²) in [6, 6.07) is 0. The zero-order chi connectivity index (χ0) is 11.7. The van der Waals surface area contributed by atoms with Gasteiger partial charge in [0, 0.05) is 13.1 Å². The molecule has 2 nitrogen and oxygen atoms in total. The van der Waals surface area contributed by atoms with Crippen LogP contribution in [0, 0.1) is 17.3 Å². The van der Waals surface area contributed by atoms with Crippen molar-refractivity contribution in [1.82, 2.24) is 4.90 Å². The van der Waals surface area contributed by atoms with Crippen molar-refractivity contribution >= 4 is 0 Å². The molecule has 0 aromatic heterocycles. The van der Waals surface area contributed by atoms with Gasteiger partial charge in [-0.05, 0) is 62.4 Å². The molecule has 3 aliphatic rings. The predicted octanol–water partition coefficient (Wildman–Crippen LogP) is 2.63. The lowest BCUT2D eigenvalue weighted by molar-refractivity contribution is 0.0711. The minimum Gasteiger partial charge on any atom is -0.330 e. The van der Waals surface area contributed by atoms with E-state index in [2.05, 4.69) is 4.90 Å². The van der Waals surface area contributed by atoms with E-state index in [1.54, 1.807) is 0 Å². The molecule has 0 radical (unpaired) electrons. The Labute approximate surface area is 106 Å². The highest BCUT2D eigenvalue weighted by Gasteiger charge is 2.44. The van der Waals surface area contributed by atoms with Crippen molar-refractivity contribution in [3.8, 4) is 0 Å². The minimum absolute atomic E-state index is 0.649. The van der Waals surface area contributed by atoms with E-state index in [0.29, 0.717) is 5.41 Å². The first-order valence-corrected chi connectivity index (χ1v) is 7.74. The first kappa shape index (κ1) is 12.0. The summed E-state index contributed by atoms with van der Waals surface area (Å²) < 4.78 is 0. The molecule has 2 unspecified atom stereocenters. The van der Waals surface area contributed by atoms with Crippen molar-refractivity contribution in [2.24, 2.45) is 23.0 Å². The highest BCUT2D eigenvalue weighted by atomic mass is 15.1. The number of fused-ring (bicyclic) bond motifs is 1. The number of nitrogens with zero attached hydrogens (tertiary/aromatic N) is 1. The molecule has 2 saturated carbocycles. The van der Waals surface area contributed by atoms with Gasteiger partial charge in [-0.2, -0.15) is 0 Å². The molecular formula is C15H28N2. The molecule has 0 bridgehead atoms. The SMILES string of the molecule is NCCC1(CN2CCC3CCCCC3C2)CC1. The molecule has 0 amide bonds. The van der Waals surface area contributed by atoms with E-state index in [9.17, 15) is 0 Å². The molecule has 1 aliphatic heterocycles. The van der Waals surface area contributed by atoms with Gasteiger partial charge in [0.2, 0.25) is 0 Å². The summed E-state index contributed by atoms with van der Waals surface area (Å²) in [4.78, 5) is 2.77. The molecule has 2 N–H and O–H groups in total. The van der Waals surface area contributed by atoms with E-state index in [-0.39, 0.29) is 0 Å². The Balaban J connectivity index is 1.52. The summed E-state index contributed by atoms with van der Waals surface area (Å²) in [6.07, 6.45) is 11.6. The predicted molar refractivity (Wildman–Crippen MR) is 71.8 cm³/mol. The fourth-order valence-corrected chi connectivity index (χ4v) is 4.26. The highest BCUT2D eigenvalue weighted by molar-refractivity contribution is 4.97. The number of likely N-dealkylation sites (tertiary alicyclic amines) is 1. The Morgan fingerprint density at radius 2 is 1.82 bits per heavy atom. The maximum absolute atomic E-state index is 5.75. The largest absolute Gasteiger partial charge is 0.330 e. The summed E-state index contributed by atoms with van der Waals surface area (Å²) in [6.45, 7) is 5.01. The van der Waals surface area contributed by atoms with Crippen LogP contribution in [0.15, 0.2) is 0 Å². The van der Waals surface area contributed by atoms with E-state index in [1.165, 1.54) is 71.0 Å². The first-order chi connectivity index (χ1) is 8.31. The summed E-state index contributed by atoms with van der Waals surface area (Å²) in [5.41, 5.74) is 6.40. The van der Waals surface area contributed by atoms with Crippen LogP contribution in [-0.2, 0) is 0 Å². The van der Waals surface area contributed by atoms with Gasteiger partial charge in [-0.1, -0.05) is 19.3 Å². The molecule has 3 rings (SSSR count). The summed E-state index contributed by atoms with van der Waals surface area (Å²) in [7, 11) is 0. The number of hydrogen-bond donors (Lipinski definition) is 1. The van der Waals surface area contributed by atoms with E-state index in [1.807, 2.05) is 0 Å². The third kappa shape index (κ3) is 2.68. The maximum Gasteiger partial charge on any atom is 0.00386 e. The number of nitrogens with two attached hydrogens (primary N) is 1. The standard InChI is InChI=1S/C15H28N2/c16-9-8-15(6-7-15)12-17-10-5-13-3-1-2-4-14(13)11-17/h13-14H,1-12,16H2. The average molecular weight is 236 g/mol. The van der Waals surface area contributed by atoms with Gasteiger partial charge in [0.1, 0.15) is 0 Å². The smallest absolute Gasteiger partial charge is 0.00386 e. The van der Waals surface area contributed by atoms with Crippen molar-refractivity contribution in [3.05, 3.63) is 0 Å². The second kappa shape index (κ2) is 4.89. The van der Waals surface area contributed by atoms with Gasteiger partial charge >= 0.3 is 0 Å². The van der Waals surface area contributed by atoms with Crippen LogP contribution in [0.5, 0.6) is 0 Å². The molecule has 2 atom stereocenters. The minimum atomic E-state index is 0.649. The Bertz CT molecular complexity index is 260. The van der Waals surface area contributed by atoms with Gasteiger partial charge in [0.25, 0.3) is 0 Å². The lowest BCUT2D eigenvalue weighted by Gasteiger charge is -2.42. The fraction of sp³-hybridized carbons (Fsp3) is 1.00.